The lowest BCUT2D eigenvalue weighted by atomic mass is 9.74. The summed E-state index contributed by atoms with van der Waals surface area (Å²) >= 11 is 0. The quantitative estimate of drug-likeness (QED) is 0.769. The monoisotopic (exact) mass is 235 g/mol. The first-order valence-electron chi connectivity index (χ1n) is 6.05. The molecule has 1 atom stereocenters. The second-order valence-corrected chi connectivity index (χ2v) is 4.19. The predicted molar refractivity (Wildman–Crippen MR) is 68.7 cm³/mol. The van der Waals surface area contributed by atoms with Crippen molar-refractivity contribution in [1.82, 2.24) is 0 Å². The van der Waals surface area contributed by atoms with Gasteiger partial charge in [-0.15, -0.1) is 0 Å². The zero-order valence-electron chi connectivity index (χ0n) is 10.6. The van der Waals surface area contributed by atoms with E-state index in [1.807, 2.05) is 37.3 Å². The van der Waals surface area contributed by atoms with Gasteiger partial charge in [0.2, 0.25) is 0 Å². The lowest BCUT2D eigenvalue weighted by Crippen LogP contribution is -2.37. The molecule has 0 aliphatic heterocycles. The molecule has 0 saturated heterocycles. The van der Waals surface area contributed by atoms with Crippen LogP contribution in [0.2, 0.25) is 0 Å². The van der Waals surface area contributed by atoms with Crippen molar-refractivity contribution in [1.29, 1.82) is 0 Å². The number of hydrogen-bond donors (Lipinski definition) is 1. The Bertz CT molecular complexity index is 350. The number of carbonyl (C=O) groups excluding carboxylic acids is 1. The number of carbonyl (C=O) groups is 1. The van der Waals surface area contributed by atoms with Crippen molar-refractivity contribution in [3.8, 4) is 0 Å². The molecule has 1 unspecified atom stereocenters. The molecule has 0 radical (unpaired) electrons. The van der Waals surface area contributed by atoms with Gasteiger partial charge in [0.1, 0.15) is 0 Å². The van der Waals surface area contributed by atoms with Crippen molar-refractivity contribution in [3.63, 3.8) is 0 Å². The Balaban J connectivity index is 3.11. The largest absolute Gasteiger partial charge is 0.468 e. The maximum Gasteiger partial charge on any atom is 0.316 e. The molecular formula is C14H21NO2. The molecule has 94 valence electrons. The molecule has 0 fully saturated rings. The molecule has 0 aliphatic carbocycles. The Labute approximate surface area is 103 Å². The third-order valence-electron chi connectivity index (χ3n) is 3.31. The first kappa shape index (κ1) is 13.7. The molecule has 1 aromatic rings. The highest BCUT2D eigenvalue weighted by Crippen LogP contribution is 2.34. The molecule has 2 N–H and O–H groups in total. The number of benzene rings is 1. The molecule has 1 rings (SSSR count). The highest BCUT2D eigenvalue weighted by molar-refractivity contribution is 5.83. The van der Waals surface area contributed by atoms with Crippen LogP contribution < -0.4 is 5.73 Å². The lowest BCUT2D eigenvalue weighted by Gasteiger charge is -2.30. The second-order valence-electron chi connectivity index (χ2n) is 4.19. The summed E-state index contributed by atoms with van der Waals surface area (Å²) in [7, 11) is 1.44. The fraction of sp³-hybridized carbons (Fsp3) is 0.500. The Morgan fingerprint density at radius 1 is 1.35 bits per heavy atom. The minimum Gasteiger partial charge on any atom is -0.468 e. The summed E-state index contributed by atoms with van der Waals surface area (Å²) in [5.74, 6) is -0.167. The van der Waals surface area contributed by atoms with Crippen LogP contribution in [-0.2, 0) is 14.9 Å². The minimum absolute atomic E-state index is 0.167. The summed E-state index contributed by atoms with van der Waals surface area (Å²) in [6, 6.07) is 9.81. The Morgan fingerprint density at radius 2 is 2.00 bits per heavy atom. The zero-order chi connectivity index (χ0) is 12.7. The van der Waals surface area contributed by atoms with Gasteiger partial charge in [-0.2, -0.15) is 0 Å². The molecule has 0 aliphatic rings. The van der Waals surface area contributed by atoms with Crippen LogP contribution >= 0.6 is 0 Å². The molecule has 0 saturated carbocycles. The summed E-state index contributed by atoms with van der Waals surface area (Å²) in [6.07, 6.45) is 2.28. The lowest BCUT2D eigenvalue weighted by molar-refractivity contribution is -0.148. The van der Waals surface area contributed by atoms with Crippen molar-refractivity contribution >= 4 is 5.97 Å². The van der Waals surface area contributed by atoms with Gasteiger partial charge in [0.25, 0.3) is 0 Å². The van der Waals surface area contributed by atoms with E-state index in [1.54, 1.807) is 0 Å². The fourth-order valence-corrected chi connectivity index (χ4v) is 2.25. The van der Waals surface area contributed by atoms with Gasteiger partial charge in [-0.05, 0) is 31.4 Å². The summed E-state index contributed by atoms with van der Waals surface area (Å²) in [5, 5.41) is 0. The van der Waals surface area contributed by atoms with Crippen LogP contribution in [0.25, 0.3) is 0 Å². The maximum atomic E-state index is 12.1. The summed E-state index contributed by atoms with van der Waals surface area (Å²) in [5.41, 5.74) is 6.03. The first-order valence-corrected chi connectivity index (χ1v) is 6.05. The smallest absolute Gasteiger partial charge is 0.316 e. The Hall–Kier alpha value is -1.35. The van der Waals surface area contributed by atoms with Crippen LogP contribution in [0.1, 0.15) is 31.7 Å². The van der Waals surface area contributed by atoms with Crippen molar-refractivity contribution < 1.29 is 9.53 Å². The second kappa shape index (κ2) is 6.40. The highest BCUT2D eigenvalue weighted by atomic mass is 16.5. The van der Waals surface area contributed by atoms with E-state index in [0.29, 0.717) is 6.54 Å². The van der Waals surface area contributed by atoms with Gasteiger partial charge < -0.3 is 10.5 Å². The van der Waals surface area contributed by atoms with Gasteiger partial charge >= 0.3 is 5.97 Å². The number of methoxy groups -OCH3 is 1. The van der Waals surface area contributed by atoms with E-state index in [4.69, 9.17) is 10.5 Å². The van der Waals surface area contributed by atoms with Gasteiger partial charge in [-0.3, -0.25) is 4.79 Å². The molecular weight excluding hydrogens is 214 g/mol. The molecule has 0 bridgehead atoms. The van der Waals surface area contributed by atoms with Crippen molar-refractivity contribution in [2.45, 2.75) is 31.6 Å². The molecule has 0 spiro atoms. The highest BCUT2D eigenvalue weighted by Gasteiger charge is 2.38. The summed E-state index contributed by atoms with van der Waals surface area (Å²) in [4.78, 5) is 12.1. The summed E-state index contributed by atoms with van der Waals surface area (Å²) < 4.78 is 4.98. The number of ether oxygens (including phenoxy) is 1. The van der Waals surface area contributed by atoms with Gasteiger partial charge in [0.15, 0.2) is 0 Å². The molecule has 0 heterocycles. The summed E-state index contributed by atoms with van der Waals surface area (Å²) in [6.45, 7) is 2.60. The van der Waals surface area contributed by atoms with E-state index in [9.17, 15) is 4.79 Å². The van der Waals surface area contributed by atoms with Crippen LogP contribution in [-0.4, -0.2) is 19.6 Å². The average molecular weight is 235 g/mol. The van der Waals surface area contributed by atoms with E-state index in [1.165, 1.54) is 7.11 Å². The number of rotatable bonds is 6. The molecule has 0 amide bonds. The van der Waals surface area contributed by atoms with Crippen LogP contribution in [0, 0.1) is 0 Å². The average Bonchev–Trinajstić information content (AvgIpc) is 2.41. The number of hydrogen-bond acceptors (Lipinski definition) is 3. The number of nitrogens with two attached hydrogens (primary N) is 1. The minimum atomic E-state index is -0.546. The van der Waals surface area contributed by atoms with E-state index < -0.39 is 5.41 Å². The van der Waals surface area contributed by atoms with Gasteiger partial charge in [-0.1, -0.05) is 37.3 Å². The normalized spacial score (nSPS) is 14.1. The van der Waals surface area contributed by atoms with Crippen LogP contribution in [0.5, 0.6) is 0 Å². The number of esters is 1. The maximum absolute atomic E-state index is 12.1. The molecule has 3 heteroatoms. The molecule has 3 nitrogen and oxygen atoms in total. The van der Waals surface area contributed by atoms with Gasteiger partial charge in [-0.25, -0.2) is 0 Å². The van der Waals surface area contributed by atoms with E-state index >= 15 is 0 Å². The van der Waals surface area contributed by atoms with Crippen LogP contribution in [0.15, 0.2) is 30.3 Å². The SMILES string of the molecule is CCC(CCCN)(C(=O)OC)c1ccccc1. The fourth-order valence-electron chi connectivity index (χ4n) is 2.25. The van der Waals surface area contributed by atoms with Gasteiger partial charge in [0.05, 0.1) is 12.5 Å². The third kappa shape index (κ3) is 2.86. The molecule has 0 aromatic heterocycles. The Kier molecular flexibility index (Phi) is 5.16. The topological polar surface area (TPSA) is 52.3 Å². The Morgan fingerprint density at radius 3 is 2.47 bits per heavy atom. The van der Waals surface area contributed by atoms with E-state index in [-0.39, 0.29) is 5.97 Å². The van der Waals surface area contributed by atoms with Crippen LogP contribution in [0.3, 0.4) is 0 Å². The zero-order valence-corrected chi connectivity index (χ0v) is 10.6. The van der Waals surface area contributed by atoms with E-state index in [2.05, 4.69) is 0 Å². The van der Waals surface area contributed by atoms with E-state index in [0.717, 1.165) is 24.8 Å². The molecule has 1 aromatic carbocycles. The first-order chi connectivity index (χ1) is 8.21. The van der Waals surface area contributed by atoms with Gasteiger partial charge in [0, 0.05) is 0 Å². The van der Waals surface area contributed by atoms with Crippen molar-refractivity contribution in [2.75, 3.05) is 13.7 Å². The standard InChI is InChI=1S/C14H21NO2/c1-3-14(10-7-11-15,13(16)17-2)12-8-5-4-6-9-12/h4-6,8-9H,3,7,10-11,15H2,1-2H3. The molecule has 17 heavy (non-hydrogen) atoms. The predicted octanol–water partition coefficient (Wildman–Crippen LogP) is 2.25. The van der Waals surface area contributed by atoms with Crippen molar-refractivity contribution in [2.24, 2.45) is 5.73 Å². The van der Waals surface area contributed by atoms with Crippen molar-refractivity contribution in [3.05, 3.63) is 35.9 Å². The van der Waals surface area contributed by atoms with Crippen LogP contribution in [0.4, 0.5) is 0 Å². The third-order valence-corrected chi connectivity index (χ3v) is 3.31.